The first-order chi connectivity index (χ1) is 13.2. The number of nitrogens with zero attached hydrogens (tertiary/aromatic N) is 2. The number of aromatic amines is 1. The number of amides is 2. The highest BCUT2D eigenvalue weighted by atomic mass is 16.2. The fraction of sp³-hybridized carbons (Fsp3) is 0.524. The molecular formula is C21H31N5O. The summed E-state index contributed by atoms with van der Waals surface area (Å²) in [6.07, 6.45) is 11.8. The third-order valence-electron chi connectivity index (χ3n) is 5.31. The Kier molecular flexibility index (Phi) is 7.27. The summed E-state index contributed by atoms with van der Waals surface area (Å²) in [7, 11) is 2.20. The second-order valence-corrected chi connectivity index (χ2v) is 7.38. The molecule has 0 radical (unpaired) electrons. The van der Waals surface area contributed by atoms with Crippen molar-refractivity contribution in [3.8, 4) is 0 Å². The van der Waals surface area contributed by atoms with Gasteiger partial charge < -0.3 is 15.6 Å². The molecule has 146 valence electrons. The van der Waals surface area contributed by atoms with E-state index in [1.807, 2.05) is 24.4 Å². The first kappa shape index (κ1) is 19.4. The molecule has 1 aliphatic rings. The highest BCUT2D eigenvalue weighted by Gasteiger charge is 2.19. The van der Waals surface area contributed by atoms with Gasteiger partial charge in [0.2, 0.25) is 0 Å². The van der Waals surface area contributed by atoms with Gasteiger partial charge in [0.05, 0.1) is 0 Å². The Morgan fingerprint density at radius 2 is 2.07 bits per heavy atom. The normalized spacial score (nSPS) is 15.0. The smallest absolute Gasteiger partial charge is 0.319 e. The van der Waals surface area contributed by atoms with Crippen LogP contribution in [0.15, 0.2) is 36.7 Å². The summed E-state index contributed by atoms with van der Waals surface area (Å²) in [5.74, 6) is 0.952. The van der Waals surface area contributed by atoms with Crippen molar-refractivity contribution in [1.29, 1.82) is 0 Å². The Balaban J connectivity index is 1.46. The molecule has 3 rings (SSSR count). The van der Waals surface area contributed by atoms with Crippen LogP contribution in [0, 0.1) is 0 Å². The second-order valence-electron chi connectivity index (χ2n) is 7.38. The van der Waals surface area contributed by atoms with Gasteiger partial charge >= 0.3 is 6.03 Å². The van der Waals surface area contributed by atoms with Crippen molar-refractivity contribution in [3.05, 3.63) is 48.0 Å². The van der Waals surface area contributed by atoms with Crippen molar-refractivity contribution in [2.75, 3.05) is 18.9 Å². The van der Waals surface area contributed by atoms with Gasteiger partial charge in [0.1, 0.15) is 5.82 Å². The molecule has 6 nitrogen and oxygen atoms in total. The van der Waals surface area contributed by atoms with E-state index in [9.17, 15) is 4.79 Å². The first-order valence-electron chi connectivity index (χ1n) is 10.0. The standard InChI is InChI=1S/C21H31N5O/c1-26(18-9-3-2-4-10-18)16-17-8-5-6-11-19(17)25-21(27)24-13-7-12-20-22-14-15-23-20/h5-6,8,11,14-15,18H,2-4,7,9-10,12-13,16H2,1H3,(H,22,23)(H2,24,25,27). The number of aromatic nitrogens is 2. The predicted octanol–water partition coefficient (Wildman–Crippen LogP) is 3.93. The number of anilines is 1. The molecule has 0 aliphatic heterocycles. The van der Waals surface area contributed by atoms with Gasteiger partial charge in [-0.15, -0.1) is 0 Å². The number of nitrogens with one attached hydrogen (secondary N) is 3. The zero-order chi connectivity index (χ0) is 18.9. The molecule has 1 heterocycles. The van der Waals surface area contributed by atoms with Crippen LogP contribution in [0.1, 0.15) is 49.9 Å². The van der Waals surface area contributed by atoms with E-state index in [0.29, 0.717) is 12.6 Å². The van der Waals surface area contributed by atoms with Crippen molar-refractivity contribution < 1.29 is 4.79 Å². The molecule has 3 N–H and O–H groups in total. The first-order valence-corrected chi connectivity index (χ1v) is 10.0. The SMILES string of the molecule is CN(Cc1ccccc1NC(=O)NCCCc1ncc[nH]1)C1CCCCC1. The summed E-state index contributed by atoms with van der Waals surface area (Å²) in [5, 5.41) is 5.94. The van der Waals surface area contributed by atoms with Gasteiger partial charge in [-0.2, -0.15) is 0 Å². The average Bonchev–Trinajstić information content (AvgIpc) is 3.21. The minimum absolute atomic E-state index is 0.151. The number of para-hydroxylation sites is 1. The zero-order valence-electron chi connectivity index (χ0n) is 16.2. The molecule has 1 aromatic heterocycles. The summed E-state index contributed by atoms with van der Waals surface area (Å²) in [6, 6.07) is 8.59. The third-order valence-corrected chi connectivity index (χ3v) is 5.31. The van der Waals surface area contributed by atoms with Gasteiger partial charge in [0.15, 0.2) is 0 Å². The molecule has 2 aromatic rings. The van der Waals surface area contributed by atoms with E-state index in [-0.39, 0.29) is 6.03 Å². The monoisotopic (exact) mass is 369 g/mol. The number of imidazole rings is 1. The highest BCUT2D eigenvalue weighted by molar-refractivity contribution is 5.90. The lowest BCUT2D eigenvalue weighted by Gasteiger charge is -2.31. The Bertz CT molecular complexity index is 694. The minimum Gasteiger partial charge on any atom is -0.349 e. The van der Waals surface area contributed by atoms with Gasteiger partial charge in [0.25, 0.3) is 0 Å². The molecule has 0 unspecified atom stereocenters. The number of H-pyrrole nitrogens is 1. The molecule has 0 bridgehead atoms. The van der Waals surface area contributed by atoms with E-state index in [1.165, 1.54) is 32.1 Å². The number of aryl methyl sites for hydroxylation is 1. The van der Waals surface area contributed by atoms with Crippen LogP contribution < -0.4 is 10.6 Å². The van der Waals surface area contributed by atoms with Crippen LogP contribution in [-0.2, 0) is 13.0 Å². The lowest BCUT2D eigenvalue weighted by molar-refractivity contribution is 0.185. The van der Waals surface area contributed by atoms with Crippen LogP contribution >= 0.6 is 0 Å². The summed E-state index contributed by atoms with van der Waals surface area (Å²) in [5.41, 5.74) is 2.06. The molecule has 1 aromatic carbocycles. The number of urea groups is 1. The molecule has 1 aliphatic carbocycles. The minimum atomic E-state index is -0.151. The van der Waals surface area contributed by atoms with Crippen molar-refractivity contribution in [2.45, 2.75) is 57.5 Å². The second kappa shape index (κ2) is 10.1. The van der Waals surface area contributed by atoms with Crippen LogP contribution in [-0.4, -0.2) is 40.5 Å². The van der Waals surface area contributed by atoms with Crippen LogP contribution in [0.25, 0.3) is 0 Å². The number of benzene rings is 1. The number of rotatable bonds is 8. The molecule has 27 heavy (non-hydrogen) atoms. The molecule has 0 atom stereocenters. The maximum absolute atomic E-state index is 12.3. The zero-order valence-corrected chi connectivity index (χ0v) is 16.2. The van der Waals surface area contributed by atoms with E-state index >= 15 is 0 Å². The van der Waals surface area contributed by atoms with Gasteiger partial charge in [-0.05, 0) is 37.9 Å². The van der Waals surface area contributed by atoms with Crippen LogP contribution in [0.5, 0.6) is 0 Å². The molecule has 2 amide bonds. The van der Waals surface area contributed by atoms with Gasteiger partial charge in [-0.25, -0.2) is 9.78 Å². The number of carbonyl (C=O) groups is 1. The average molecular weight is 370 g/mol. The maximum Gasteiger partial charge on any atom is 0.319 e. The van der Waals surface area contributed by atoms with Crippen LogP contribution in [0.4, 0.5) is 10.5 Å². The van der Waals surface area contributed by atoms with E-state index in [2.05, 4.69) is 38.6 Å². The molecule has 1 saturated carbocycles. The van der Waals surface area contributed by atoms with Crippen LogP contribution in [0.3, 0.4) is 0 Å². The molecule has 1 fully saturated rings. The van der Waals surface area contributed by atoms with Gasteiger partial charge in [-0.1, -0.05) is 37.5 Å². The quantitative estimate of drug-likeness (QED) is 0.617. The van der Waals surface area contributed by atoms with Gasteiger partial charge in [-0.3, -0.25) is 4.90 Å². The summed E-state index contributed by atoms with van der Waals surface area (Å²) in [6.45, 7) is 1.48. The molecule has 0 saturated heterocycles. The highest BCUT2D eigenvalue weighted by Crippen LogP contribution is 2.24. The summed E-state index contributed by atoms with van der Waals surface area (Å²) in [4.78, 5) is 21.9. The molecule has 6 heteroatoms. The van der Waals surface area contributed by atoms with Gasteiger partial charge in [0, 0.05) is 43.6 Å². The lowest BCUT2D eigenvalue weighted by Crippen LogP contribution is -2.34. The predicted molar refractivity (Wildman–Crippen MR) is 109 cm³/mol. The van der Waals surface area contributed by atoms with Crippen LogP contribution in [0.2, 0.25) is 0 Å². The summed E-state index contributed by atoms with van der Waals surface area (Å²) >= 11 is 0. The Hall–Kier alpha value is -2.34. The molecule has 0 spiro atoms. The Morgan fingerprint density at radius 3 is 2.85 bits per heavy atom. The lowest BCUT2D eigenvalue weighted by atomic mass is 9.94. The summed E-state index contributed by atoms with van der Waals surface area (Å²) < 4.78 is 0. The van der Waals surface area contributed by atoms with E-state index in [0.717, 1.165) is 36.5 Å². The largest absolute Gasteiger partial charge is 0.349 e. The fourth-order valence-electron chi connectivity index (χ4n) is 3.76. The fourth-order valence-corrected chi connectivity index (χ4v) is 3.76. The van der Waals surface area contributed by atoms with Crippen molar-refractivity contribution >= 4 is 11.7 Å². The number of carbonyl (C=O) groups excluding carboxylic acids is 1. The van der Waals surface area contributed by atoms with Crippen molar-refractivity contribution in [1.82, 2.24) is 20.2 Å². The van der Waals surface area contributed by atoms with Crippen molar-refractivity contribution in [3.63, 3.8) is 0 Å². The topological polar surface area (TPSA) is 73.1 Å². The van der Waals surface area contributed by atoms with E-state index in [4.69, 9.17) is 0 Å². The number of hydrogen-bond acceptors (Lipinski definition) is 3. The maximum atomic E-state index is 12.3. The molecular weight excluding hydrogens is 338 g/mol. The van der Waals surface area contributed by atoms with Crippen molar-refractivity contribution in [2.24, 2.45) is 0 Å². The third kappa shape index (κ3) is 6.10. The number of hydrogen-bond donors (Lipinski definition) is 3. The Labute approximate surface area is 161 Å². The van der Waals surface area contributed by atoms with E-state index < -0.39 is 0 Å². The van der Waals surface area contributed by atoms with E-state index in [1.54, 1.807) is 6.20 Å². The Morgan fingerprint density at radius 1 is 1.26 bits per heavy atom.